The Kier molecular flexibility index (Phi) is 4.99. The molecule has 0 radical (unpaired) electrons. The Balaban J connectivity index is 1.51. The molecule has 1 aliphatic heterocycles. The van der Waals surface area contributed by atoms with Crippen molar-refractivity contribution in [2.24, 2.45) is 0 Å². The molecule has 140 valence electrons. The second kappa shape index (κ2) is 7.56. The van der Waals surface area contributed by atoms with Crippen LogP contribution in [0.5, 0.6) is 0 Å². The number of rotatable bonds is 4. The minimum Gasteiger partial charge on any atom is -0.397 e. The van der Waals surface area contributed by atoms with E-state index in [0.717, 1.165) is 41.8 Å². The third kappa shape index (κ3) is 3.49. The predicted octanol–water partition coefficient (Wildman–Crippen LogP) is 3.79. The number of anilines is 2. The molecule has 3 heterocycles. The average molecular weight is 381 g/mol. The predicted molar refractivity (Wildman–Crippen MR) is 113 cm³/mol. The highest BCUT2D eigenvalue weighted by molar-refractivity contribution is 7.21. The molecular formula is C21H24N4OS. The van der Waals surface area contributed by atoms with Crippen LogP contribution in [0, 0.1) is 0 Å². The van der Waals surface area contributed by atoms with Crippen molar-refractivity contribution in [3.63, 3.8) is 0 Å². The van der Waals surface area contributed by atoms with Gasteiger partial charge in [-0.1, -0.05) is 31.5 Å². The molecule has 1 aliphatic rings. The highest BCUT2D eigenvalue weighted by Gasteiger charge is 2.26. The van der Waals surface area contributed by atoms with E-state index < -0.39 is 0 Å². The number of nitrogen functional groups attached to an aromatic ring is 1. The minimum atomic E-state index is 0.0280. The zero-order valence-electron chi connectivity index (χ0n) is 15.5. The Morgan fingerprint density at radius 3 is 2.56 bits per heavy atom. The molecule has 3 aromatic rings. The fourth-order valence-corrected chi connectivity index (χ4v) is 4.62. The third-order valence-electron chi connectivity index (χ3n) is 5.04. The summed E-state index contributed by atoms with van der Waals surface area (Å²) in [5.74, 6) is 0.0280. The van der Waals surface area contributed by atoms with Gasteiger partial charge >= 0.3 is 0 Å². The number of nitrogens with zero attached hydrogens (tertiary/aromatic N) is 3. The lowest BCUT2D eigenvalue weighted by Gasteiger charge is -2.36. The lowest BCUT2D eigenvalue weighted by molar-refractivity contribution is 0.0752. The summed E-state index contributed by atoms with van der Waals surface area (Å²) < 4.78 is 0. The number of piperazine rings is 1. The first kappa shape index (κ1) is 17.8. The van der Waals surface area contributed by atoms with Gasteiger partial charge in [0.25, 0.3) is 5.91 Å². The molecule has 1 amide bonds. The molecule has 0 bridgehead atoms. The van der Waals surface area contributed by atoms with E-state index in [2.05, 4.69) is 28.9 Å². The van der Waals surface area contributed by atoms with Gasteiger partial charge in [-0.15, -0.1) is 11.3 Å². The van der Waals surface area contributed by atoms with E-state index in [1.165, 1.54) is 17.0 Å². The molecule has 2 N–H and O–H groups in total. The number of nitrogens with two attached hydrogens (primary N) is 1. The number of para-hydroxylation sites is 1. The number of thiophene rings is 1. The maximum atomic E-state index is 13.1. The van der Waals surface area contributed by atoms with E-state index in [-0.39, 0.29) is 5.91 Å². The van der Waals surface area contributed by atoms with E-state index >= 15 is 0 Å². The first-order valence-corrected chi connectivity index (χ1v) is 10.3. The molecule has 0 aliphatic carbocycles. The normalized spacial score (nSPS) is 14.7. The SMILES string of the molecule is CCCc1ccc2c(N)c(C(=O)N3CCN(c4ccccc4)CC3)sc2n1. The molecule has 2 aromatic heterocycles. The summed E-state index contributed by atoms with van der Waals surface area (Å²) in [7, 11) is 0. The van der Waals surface area contributed by atoms with Crippen LogP contribution in [-0.4, -0.2) is 42.0 Å². The summed E-state index contributed by atoms with van der Waals surface area (Å²) in [5.41, 5.74) is 9.14. The molecule has 1 fully saturated rings. The standard InChI is InChI=1S/C21H24N4OS/c1-2-6-15-9-10-17-18(22)19(27-20(17)23-15)21(26)25-13-11-24(12-14-25)16-7-4-3-5-8-16/h3-5,7-10H,2,6,11-14,22H2,1H3. The van der Waals surface area contributed by atoms with Crippen LogP contribution in [0.1, 0.15) is 28.7 Å². The van der Waals surface area contributed by atoms with Gasteiger partial charge < -0.3 is 15.5 Å². The molecule has 0 unspecified atom stereocenters. The van der Waals surface area contributed by atoms with Crippen LogP contribution < -0.4 is 10.6 Å². The monoisotopic (exact) mass is 380 g/mol. The number of benzene rings is 1. The molecule has 1 aromatic carbocycles. The first-order valence-electron chi connectivity index (χ1n) is 9.44. The van der Waals surface area contributed by atoms with Crippen molar-refractivity contribution < 1.29 is 4.79 Å². The Labute approximate surface area is 163 Å². The summed E-state index contributed by atoms with van der Waals surface area (Å²) in [5, 5.41) is 0.895. The van der Waals surface area contributed by atoms with E-state index in [1.54, 1.807) is 0 Å². The number of hydrogen-bond donors (Lipinski definition) is 1. The van der Waals surface area contributed by atoms with Gasteiger partial charge in [0.05, 0.1) is 5.69 Å². The molecule has 0 spiro atoms. The average Bonchev–Trinajstić information content (AvgIpc) is 3.04. The van der Waals surface area contributed by atoms with Crippen LogP contribution >= 0.6 is 11.3 Å². The summed E-state index contributed by atoms with van der Waals surface area (Å²) in [6.45, 7) is 5.21. The van der Waals surface area contributed by atoms with Gasteiger partial charge in [-0.05, 0) is 30.7 Å². The van der Waals surface area contributed by atoms with Gasteiger partial charge in [0.2, 0.25) is 0 Å². The van der Waals surface area contributed by atoms with Crippen LogP contribution in [0.15, 0.2) is 42.5 Å². The van der Waals surface area contributed by atoms with Gasteiger partial charge in [0, 0.05) is 42.9 Å². The Bertz CT molecular complexity index is 945. The highest BCUT2D eigenvalue weighted by Crippen LogP contribution is 2.34. The van der Waals surface area contributed by atoms with E-state index in [0.29, 0.717) is 23.7 Å². The molecule has 0 saturated carbocycles. The van der Waals surface area contributed by atoms with Crippen LogP contribution in [0.4, 0.5) is 11.4 Å². The van der Waals surface area contributed by atoms with Crippen LogP contribution in [-0.2, 0) is 6.42 Å². The van der Waals surface area contributed by atoms with Crippen molar-refractivity contribution in [2.75, 3.05) is 36.8 Å². The van der Waals surface area contributed by atoms with Gasteiger partial charge in [-0.25, -0.2) is 4.98 Å². The molecular weight excluding hydrogens is 356 g/mol. The molecule has 0 atom stereocenters. The van der Waals surface area contributed by atoms with Crippen LogP contribution in [0.3, 0.4) is 0 Å². The summed E-state index contributed by atoms with van der Waals surface area (Å²) in [6.07, 6.45) is 2.00. The Hall–Kier alpha value is -2.60. The van der Waals surface area contributed by atoms with Crippen molar-refractivity contribution in [3.8, 4) is 0 Å². The van der Waals surface area contributed by atoms with Gasteiger partial charge in [-0.2, -0.15) is 0 Å². The van der Waals surface area contributed by atoms with Crippen molar-refractivity contribution >= 4 is 38.8 Å². The summed E-state index contributed by atoms with van der Waals surface area (Å²) in [4.78, 5) is 23.5. The Morgan fingerprint density at radius 1 is 1.11 bits per heavy atom. The van der Waals surface area contributed by atoms with Crippen LogP contribution in [0.25, 0.3) is 10.2 Å². The van der Waals surface area contributed by atoms with Crippen molar-refractivity contribution in [1.82, 2.24) is 9.88 Å². The minimum absolute atomic E-state index is 0.0280. The van der Waals surface area contributed by atoms with E-state index in [1.807, 2.05) is 35.2 Å². The van der Waals surface area contributed by atoms with Crippen LogP contribution in [0.2, 0.25) is 0 Å². The number of carbonyl (C=O) groups is 1. The number of amides is 1. The maximum Gasteiger partial charge on any atom is 0.266 e. The zero-order valence-corrected chi connectivity index (χ0v) is 16.3. The van der Waals surface area contributed by atoms with Gasteiger partial charge in [0.1, 0.15) is 9.71 Å². The topological polar surface area (TPSA) is 62.5 Å². The number of carbonyl (C=O) groups excluding carboxylic acids is 1. The highest BCUT2D eigenvalue weighted by atomic mass is 32.1. The molecule has 6 heteroatoms. The van der Waals surface area contributed by atoms with Gasteiger partial charge in [0.15, 0.2) is 0 Å². The Morgan fingerprint density at radius 2 is 1.85 bits per heavy atom. The number of pyridine rings is 1. The fraction of sp³-hybridized carbons (Fsp3) is 0.333. The van der Waals surface area contributed by atoms with Crippen molar-refractivity contribution in [1.29, 1.82) is 0 Å². The second-order valence-corrected chi connectivity index (χ2v) is 7.86. The number of aryl methyl sites for hydroxylation is 1. The molecule has 5 nitrogen and oxygen atoms in total. The van der Waals surface area contributed by atoms with E-state index in [9.17, 15) is 4.79 Å². The van der Waals surface area contributed by atoms with Gasteiger partial charge in [-0.3, -0.25) is 4.79 Å². The van der Waals surface area contributed by atoms with E-state index in [4.69, 9.17) is 5.73 Å². The smallest absolute Gasteiger partial charge is 0.266 e. The molecule has 4 rings (SSSR count). The first-order chi connectivity index (χ1) is 13.2. The number of hydrogen-bond acceptors (Lipinski definition) is 5. The molecule has 27 heavy (non-hydrogen) atoms. The lowest BCUT2D eigenvalue weighted by Crippen LogP contribution is -2.48. The largest absolute Gasteiger partial charge is 0.397 e. The number of aromatic nitrogens is 1. The summed E-state index contributed by atoms with van der Waals surface area (Å²) >= 11 is 1.42. The lowest BCUT2D eigenvalue weighted by atomic mass is 10.2. The number of fused-ring (bicyclic) bond motifs is 1. The quantitative estimate of drug-likeness (QED) is 0.748. The fourth-order valence-electron chi connectivity index (χ4n) is 3.54. The molecule has 1 saturated heterocycles. The zero-order chi connectivity index (χ0) is 18.8. The third-order valence-corrected chi connectivity index (χ3v) is 6.14. The summed E-state index contributed by atoms with van der Waals surface area (Å²) in [6, 6.07) is 14.4. The van der Waals surface area contributed by atoms with Crippen molar-refractivity contribution in [3.05, 3.63) is 53.0 Å². The second-order valence-electron chi connectivity index (χ2n) is 6.86. The maximum absolute atomic E-state index is 13.1. The van der Waals surface area contributed by atoms with Crippen molar-refractivity contribution in [2.45, 2.75) is 19.8 Å².